The Kier molecular flexibility index (Phi) is 4.91. The average molecular weight is 429 g/mol. The normalized spacial score (nSPS) is 17.5. The van der Waals surface area contributed by atoms with Crippen LogP contribution in [0.1, 0.15) is 31.2 Å². The minimum absolute atomic E-state index is 0.384. The first-order valence-corrected chi connectivity index (χ1v) is 11.6. The van der Waals surface area contributed by atoms with Crippen molar-refractivity contribution in [2.45, 2.75) is 38.6 Å². The topological polar surface area (TPSA) is 67.6 Å². The summed E-state index contributed by atoms with van der Waals surface area (Å²) in [7, 11) is 0. The van der Waals surface area contributed by atoms with Gasteiger partial charge in [-0.15, -0.1) is 0 Å². The molecule has 5 heterocycles. The Hall–Kier alpha value is -3.19. The van der Waals surface area contributed by atoms with Crippen LogP contribution in [0.3, 0.4) is 0 Å². The first kappa shape index (κ1) is 19.5. The molecule has 1 aromatic carbocycles. The molecule has 4 aromatic rings. The number of nitrogens with one attached hydrogen (secondary N) is 1. The van der Waals surface area contributed by atoms with Gasteiger partial charge in [-0.1, -0.05) is 18.2 Å². The third-order valence-electron chi connectivity index (χ3n) is 6.60. The van der Waals surface area contributed by atoms with Crippen molar-refractivity contribution in [2.75, 3.05) is 36.5 Å². The van der Waals surface area contributed by atoms with Crippen LogP contribution in [0.5, 0.6) is 0 Å². The number of fused-ring (bicyclic) bond motifs is 2. The summed E-state index contributed by atoms with van der Waals surface area (Å²) in [5, 5.41) is 9.85. The Bertz CT molecular complexity index is 1270. The number of aromatic nitrogens is 4. The zero-order valence-electron chi connectivity index (χ0n) is 18.4. The highest BCUT2D eigenvalue weighted by Crippen LogP contribution is 2.28. The van der Waals surface area contributed by atoms with E-state index in [9.17, 15) is 0 Å². The van der Waals surface area contributed by atoms with Crippen LogP contribution in [-0.4, -0.2) is 51.9 Å². The van der Waals surface area contributed by atoms with Crippen LogP contribution >= 0.6 is 0 Å². The number of ether oxygens (including phenoxy) is 1. The van der Waals surface area contributed by atoms with Gasteiger partial charge in [-0.2, -0.15) is 9.61 Å². The lowest BCUT2D eigenvalue weighted by atomic mass is 10.1. The second kappa shape index (κ2) is 8.06. The molecule has 0 bridgehead atoms. The molecule has 7 nitrogen and oxygen atoms in total. The maximum atomic E-state index is 5.55. The summed E-state index contributed by atoms with van der Waals surface area (Å²) in [6.45, 7) is 5.86. The van der Waals surface area contributed by atoms with Crippen LogP contribution < -0.4 is 10.2 Å². The largest absolute Gasteiger partial charge is 0.381 e. The predicted octanol–water partition coefficient (Wildman–Crippen LogP) is 4.44. The minimum Gasteiger partial charge on any atom is -0.381 e. The summed E-state index contributed by atoms with van der Waals surface area (Å²) in [4.78, 5) is 12.2. The van der Waals surface area contributed by atoms with Gasteiger partial charge in [0, 0.05) is 49.9 Å². The summed E-state index contributed by atoms with van der Waals surface area (Å²) in [6, 6.07) is 15.0. The van der Waals surface area contributed by atoms with Gasteiger partial charge in [-0.25, -0.2) is 9.97 Å². The van der Waals surface area contributed by atoms with E-state index in [-0.39, 0.29) is 0 Å². The summed E-state index contributed by atoms with van der Waals surface area (Å²) in [5.41, 5.74) is 4.78. The molecule has 0 aliphatic carbocycles. The fourth-order valence-corrected chi connectivity index (χ4v) is 4.83. The Morgan fingerprint density at radius 3 is 2.62 bits per heavy atom. The van der Waals surface area contributed by atoms with E-state index in [1.54, 1.807) is 0 Å². The lowest BCUT2D eigenvalue weighted by molar-refractivity contribution is 0.0903. The average Bonchev–Trinajstić information content (AvgIpc) is 3.50. The molecule has 2 aliphatic rings. The lowest BCUT2D eigenvalue weighted by Gasteiger charge is -2.25. The number of rotatable bonds is 4. The number of hydrogen-bond donors (Lipinski definition) is 1. The highest BCUT2D eigenvalue weighted by molar-refractivity contribution is 5.84. The molecule has 3 aromatic heterocycles. The number of anilines is 2. The molecule has 32 heavy (non-hydrogen) atoms. The number of benzene rings is 1. The molecular weight excluding hydrogens is 400 g/mol. The summed E-state index contributed by atoms with van der Waals surface area (Å²) in [5.74, 6) is 2.02. The van der Waals surface area contributed by atoms with Crippen molar-refractivity contribution in [2.24, 2.45) is 0 Å². The molecule has 0 radical (unpaired) electrons. The van der Waals surface area contributed by atoms with Crippen molar-refractivity contribution in [3.8, 4) is 11.4 Å². The smallest absolute Gasteiger partial charge is 0.160 e. The molecule has 0 atom stereocenters. The monoisotopic (exact) mass is 428 g/mol. The van der Waals surface area contributed by atoms with E-state index in [1.165, 1.54) is 23.8 Å². The zero-order chi connectivity index (χ0) is 21.5. The quantitative estimate of drug-likeness (QED) is 0.518. The molecular formula is C25H28N6O. The Morgan fingerprint density at radius 1 is 0.969 bits per heavy atom. The van der Waals surface area contributed by atoms with Crippen LogP contribution in [0.25, 0.3) is 27.9 Å². The molecule has 0 saturated carbocycles. The van der Waals surface area contributed by atoms with Gasteiger partial charge < -0.3 is 15.0 Å². The second-order valence-corrected chi connectivity index (χ2v) is 8.87. The Labute approximate surface area is 187 Å². The van der Waals surface area contributed by atoms with Gasteiger partial charge in [0.15, 0.2) is 5.65 Å². The van der Waals surface area contributed by atoms with E-state index in [0.717, 1.165) is 73.3 Å². The first-order valence-electron chi connectivity index (χ1n) is 11.6. The van der Waals surface area contributed by atoms with E-state index in [1.807, 2.05) is 10.6 Å². The minimum atomic E-state index is 0.384. The number of aryl methyl sites for hydroxylation is 1. The Morgan fingerprint density at radius 2 is 1.78 bits per heavy atom. The highest BCUT2D eigenvalue weighted by Gasteiger charge is 2.21. The van der Waals surface area contributed by atoms with Gasteiger partial charge in [0.05, 0.1) is 11.2 Å². The van der Waals surface area contributed by atoms with Gasteiger partial charge >= 0.3 is 0 Å². The fraction of sp³-hybridized carbons (Fsp3) is 0.400. The van der Waals surface area contributed by atoms with Crippen LogP contribution in [-0.2, 0) is 4.74 Å². The maximum absolute atomic E-state index is 5.55. The van der Waals surface area contributed by atoms with E-state index in [4.69, 9.17) is 19.8 Å². The SMILES string of the molecule is Cc1cc(-c2cc3nc(N4CCCC4)cc(NC4CCOCC4)n3n2)nc2ccccc12. The van der Waals surface area contributed by atoms with Gasteiger partial charge in [0.2, 0.25) is 0 Å². The first-order chi connectivity index (χ1) is 15.7. The third-order valence-corrected chi connectivity index (χ3v) is 6.60. The van der Waals surface area contributed by atoms with Crippen molar-refractivity contribution < 1.29 is 4.74 Å². The van der Waals surface area contributed by atoms with Gasteiger partial charge in [-0.3, -0.25) is 0 Å². The van der Waals surface area contributed by atoms with Crippen LogP contribution in [0, 0.1) is 6.92 Å². The van der Waals surface area contributed by atoms with Crippen molar-refractivity contribution in [1.82, 2.24) is 19.6 Å². The summed E-state index contributed by atoms with van der Waals surface area (Å²) in [6.07, 6.45) is 4.45. The second-order valence-electron chi connectivity index (χ2n) is 8.87. The lowest BCUT2D eigenvalue weighted by Crippen LogP contribution is -2.29. The maximum Gasteiger partial charge on any atom is 0.160 e. The van der Waals surface area contributed by atoms with E-state index < -0.39 is 0 Å². The van der Waals surface area contributed by atoms with Crippen LogP contribution in [0.15, 0.2) is 42.5 Å². The van der Waals surface area contributed by atoms with Crippen LogP contribution in [0.2, 0.25) is 0 Å². The molecule has 2 fully saturated rings. The molecule has 164 valence electrons. The van der Waals surface area contributed by atoms with Gasteiger partial charge in [0.25, 0.3) is 0 Å². The Balaban J connectivity index is 1.45. The standard InChI is InChI=1S/C25H28N6O/c1-17-14-21(27-20-7-3-2-6-19(17)20)22-15-24-28-23(30-10-4-5-11-30)16-25(31(24)29-22)26-18-8-12-32-13-9-18/h2-3,6-7,14-16,18,26H,4-5,8-13H2,1H3. The number of para-hydroxylation sites is 1. The molecule has 6 rings (SSSR count). The number of nitrogens with zero attached hydrogens (tertiary/aromatic N) is 5. The molecule has 0 unspecified atom stereocenters. The summed E-state index contributed by atoms with van der Waals surface area (Å²) >= 11 is 0. The van der Waals surface area contributed by atoms with Crippen molar-refractivity contribution in [3.05, 3.63) is 48.0 Å². The number of pyridine rings is 1. The van der Waals surface area contributed by atoms with Gasteiger partial charge in [-0.05, 0) is 50.3 Å². The molecule has 1 N–H and O–H groups in total. The van der Waals surface area contributed by atoms with E-state index in [2.05, 4.69) is 53.5 Å². The molecule has 2 saturated heterocycles. The third kappa shape index (κ3) is 3.56. The number of hydrogen-bond acceptors (Lipinski definition) is 6. The van der Waals surface area contributed by atoms with Gasteiger partial charge in [0.1, 0.15) is 17.3 Å². The van der Waals surface area contributed by atoms with E-state index >= 15 is 0 Å². The fourth-order valence-electron chi connectivity index (χ4n) is 4.83. The van der Waals surface area contributed by atoms with Crippen molar-refractivity contribution in [3.63, 3.8) is 0 Å². The zero-order valence-corrected chi connectivity index (χ0v) is 18.4. The van der Waals surface area contributed by atoms with E-state index in [0.29, 0.717) is 6.04 Å². The van der Waals surface area contributed by atoms with Crippen molar-refractivity contribution in [1.29, 1.82) is 0 Å². The highest BCUT2D eigenvalue weighted by atomic mass is 16.5. The predicted molar refractivity (Wildman–Crippen MR) is 127 cm³/mol. The van der Waals surface area contributed by atoms with Crippen molar-refractivity contribution >= 4 is 28.2 Å². The molecule has 2 aliphatic heterocycles. The summed E-state index contributed by atoms with van der Waals surface area (Å²) < 4.78 is 7.49. The molecule has 0 amide bonds. The molecule has 7 heteroatoms. The molecule has 0 spiro atoms. The van der Waals surface area contributed by atoms with Crippen LogP contribution in [0.4, 0.5) is 11.6 Å².